The van der Waals surface area contributed by atoms with Gasteiger partial charge in [-0.3, -0.25) is 4.79 Å². The molecule has 2 aromatic rings. The lowest BCUT2D eigenvalue weighted by Crippen LogP contribution is -2.10. The number of carbonyl (C=O) groups excluding carboxylic acids is 1. The van der Waals surface area contributed by atoms with Crippen molar-refractivity contribution >= 4 is 11.6 Å². The van der Waals surface area contributed by atoms with Gasteiger partial charge in [-0.25, -0.2) is 4.98 Å². The molecule has 0 saturated carbocycles. The molecule has 2 rings (SSSR count). The Labute approximate surface area is 110 Å². The van der Waals surface area contributed by atoms with Gasteiger partial charge in [-0.2, -0.15) is 0 Å². The van der Waals surface area contributed by atoms with Crippen LogP contribution in [0.2, 0.25) is 0 Å². The molecular formula is C13H13N3O3. The minimum atomic E-state index is -0.532. The number of amides is 1. The molecule has 6 heteroatoms. The van der Waals surface area contributed by atoms with Crippen LogP contribution in [0.1, 0.15) is 10.4 Å². The van der Waals surface area contributed by atoms with E-state index in [1.165, 1.54) is 19.4 Å². The second-order valence-corrected chi connectivity index (χ2v) is 3.76. The van der Waals surface area contributed by atoms with E-state index in [0.717, 1.165) is 0 Å². The number of nitrogen functional groups attached to an aromatic ring is 1. The highest BCUT2D eigenvalue weighted by Crippen LogP contribution is 2.31. The topological polar surface area (TPSA) is 100 Å². The fourth-order valence-electron chi connectivity index (χ4n) is 1.47. The molecular weight excluding hydrogens is 246 g/mol. The molecule has 19 heavy (non-hydrogen) atoms. The minimum Gasteiger partial charge on any atom is -0.493 e. The van der Waals surface area contributed by atoms with Crippen LogP contribution in [0.25, 0.3) is 0 Å². The van der Waals surface area contributed by atoms with Crippen LogP contribution in [-0.4, -0.2) is 18.0 Å². The van der Waals surface area contributed by atoms with E-state index < -0.39 is 5.91 Å². The van der Waals surface area contributed by atoms with Crippen molar-refractivity contribution in [3.05, 3.63) is 42.1 Å². The maximum atomic E-state index is 11.1. The second-order valence-electron chi connectivity index (χ2n) is 3.76. The molecule has 0 spiro atoms. The number of aromatic nitrogens is 1. The van der Waals surface area contributed by atoms with Crippen LogP contribution in [0.4, 0.5) is 5.69 Å². The summed E-state index contributed by atoms with van der Waals surface area (Å²) >= 11 is 0. The zero-order valence-corrected chi connectivity index (χ0v) is 10.3. The molecule has 0 aliphatic carbocycles. The van der Waals surface area contributed by atoms with Crippen molar-refractivity contribution in [1.29, 1.82) is 0 Å². The Hall–Kier alpha value is -2.76. The number of nitrogens with zero attached hydrogens (tertiary/aromatic N) is 1. The zero-order valence-electron chi connectivity index (χ0n) is 10.3. The van der Waals surface area contributed by atoms with E-state index >= 15 is 0 Å². The maximum absolute atomic E-state index is 11.1. The maximum Gasteiger partial charge on any atom is 0.248 e. The summed E-state index contributed by atoms with van der Waals surface area (Å²) in [4.78, 5) is 15.1. The SMILES string of the molecule is COc1cc(C(N)=O)ccc1Oc1ccc(N)cn1. The molecule has 0 aliphatic heterocycles. The fraction of sp³-hybridized carbons (Fsp3) is 0.0769. The minimum absolute atomic E-state index is 0.342. The number of methoxy groups -OCH3 is 1. The molecule has 1 aromatic heterocycles. The molecule has 98 valence electrons. The molecule has 0 fully saturated rings. The largest absolute Gasteiger partial charge is 0.493 e. The number of nitrogens with two attached hydrogens (primary N) is 2. The van der Waals surface area contributed by atoms with E-state index in [1.54, 1.807) is 24.3 Å². The first-order chi connectivity index (χ1) is 9.10. The van der Waals surface area contributed by atoms with Gasteiger partial charge in [0.25, 0.3) is 0 Å². The summed E-state index contributed by atoms with van der Waals surface area (Å²) in [6.45, 7) is 0. The van der Waals surface area contributed by atoms with Gasteiger partial charge in [-0.15, -0.1) is 0 Å². The summed E-state index contributed by atoms with van der Waals surface area (Å²) in [5.74, 6) is 0.675. The van der Waals surface area contributed by atoms with Crippen molar-refractivity contribution in [3.63, 3.8) is 0 Å². The number of hydrogen-bond acceptors (Lipinski definition) is 5. The summed E-state index contributed by atoms with van der Waals surface area (Å²) in [6, 6.07) is 7.97. The third-order valence-electron chi connectivity index (χ3n) is 2.42. The Bertz CT molecular complexity index is 597. The molecule has 0 bridgehead atoms. The molecule has 0 aliphatic rings. The first-order valence-electron chi connectivity index (χ1n) is 5.47. The van der Waals surface area contributed by atoms with Gasteiger partial charge in [0.1, 0.15) is 0 Å². The van der Waals surface area contributed by atoms with Crippen molar-refractivity contribution in [2.45, 2.75) is 0 Å². The van der Waals surface area contributed by atoms with Gasteiger partial charge in [-0.05, 0) is 24.3 Å². The smallest absolute Gasteiger partial charge is 0.248 e. The Morgan fingerprint density at radius 3 is 2.58 bits per heavy atom. The van der Waals surface area contributed by atoms with E-state index in [2.05, 4.69) is 4.98 Å². The number of ether oxygens (including phenoxy) is 2. The van der Waals surface area contributed by atoms with Crippen molar-refractivity contribution in [2.24, 2.45) is 5.73 Å². The Morgan fingerprint density at radius 1 is 1.21 bits per heavy atom. The first kappa shape index (κ1) is 12.7. The van der Waals surface area contributed by atoms with Gasteiger partial charge in [0, 0.05) is 11.6 Å². The predicted octanol–water partition coefficient (Wildman–Crippen LogP) is 1.56. The molecule has 6 nitrogen and oxygen atoms in total. The van der Waals surface area contributed by atoms with E-state index in [-0.39, 0.29) is 0 Å². The molecule has 0 unspecified atom stereocenters. The van der Waals surface area contributed by atoms with Crippen molar-refractivity contribution in [2.75, 3.05) is 12.8 Å². The third kappa shape index (κ3) is 2.92. The van der Waals surface area contributed by atoms with Gasteiger partial charge >= 0.3 is 0 Å². The van der Waals surface area contributed by atoms with Crippen LogP contribution in [0.3, 0.4) is 0 Å². The average molecular weight is 259 g/mol. The molecule has 1 heterocycles. The summed E-state index contributed by atoms with van der Waals surface area (Å²) in [7, 11) is 1.48. The van der Waals surface area contributed by atoms with Crippen LogP contribution in [-0.2, 0) is 0 Å². The zero-order chi connectivity index (χ0) is 13.8. The third-order valence-corrected chi connectivity index (χ3v) is 2.42. The van der Waals surface area contributed by atoms with E-state index in [1.807, 2.05) is 0 Å². The summed E-state index contributed by atoms with van der Waals surface area (Å²) in [5, 5.41) is 0. The second kappa shape index (κ2) is 5.26. The van der Waals surface area contributed by atoms with Crippen molar-refractivity contribution in [1.82, 2.24) is 4.98 Å². The van der Waals surface area contributed by atoms with E-state index in [9.17, 15) is 4.79 Å². The number of hydrogen-bond donors (Lipinski definition) is 2. The van der Waals surface area contributed by atoms with Gasteiger partial charge in [0.05, 0.1) is 19.0 Å². The molecule has 1 aromatic carbocycles. The Morgan fingerprint density at radius 2 is 2.00 bits per heavy atom. The number of pyridine rings is 1. The predicted molar refractivity (Wildman–Crippen MR) is 70.2 cm³/mol. The standard InChI is InChI=1S/C13H13N3O3/c1-18-11-6-8(13(15)17)2-4-10(11)19-12-5-3-9(14)7-16-12/h2-7H,14H2,1H3,(H2,15,17). The van der Waals surface area contributed by atoms with Gasteiger partial charge in [0.2, 0.25) is 11.8 Å². The molecule has 4 N–H and O–H groups in total. The fourth-order valence-corrected chi connectivity index (χ4v) is 1.47. The number of benzene rings is 1. The van der Waals surface area contributed by atoms with Crippen LogP contribution < -0.4 is 20.9 Å². The number of primary amides is 1. The molecule has 0 saturated heterocycles. The van der Waals surface area contributed by atoms with Crippen molar-refractivity contribution < 1.29 is 14.3 Å². The normalized spacial score (nSPS) is 9.95. The highest BCUT2D eigenvalue weighted by Gasteiger charge is 2.10. The monoisotopic (exact) mass is 259 g/mol. The molecule has 1 amide bonds. The number of anilines is 1. The van der Waals surface area contributed by atoms with Gasteiger partial charge in [-0.1, -0.05) is 0 Å². The summed E-state index contributed by atoms with van der Waals surface area (Å²) < 4.78 is 10.7. The Balaban J connectivity index is 2.29. The van der Waals surface area contributed by atoms with Crippen LogP contribution >= 0.6 is 0 Å². The number of carbonyl (C=O) groups is 1. The lowest BCUT2D eigenvalue weighted by molar-refractivity contribution is 0.1000. The van der Waals surface area contributed by atoms with E-state index in [0.29, 0.717) is 28.6 Å². The van der Waals surface area contributed by atoms with Gasteiger partial charge < -0.3 is 20.9 Å². The quantitative estimate of drug-likeness (QED) is 0.867. The first-order valence-corrected chi connectivity index (χ1v) is 5.47. The summed E-state index contributed by atoms with van der Waals surface area (Å²) in [5.41, 5.74) is 11.6. The highest BCUT2D eigenvalue weighted by molar-refractivity contribution is 5.93. The van der Waals surface area contributed by atoms with E-state index in [4.69, 9.17) is 20.9 Å². The highest BCUT2D eigenvalue weighted by atomic mass is 16.5. The van der Waals surface area contributed by atoms with Crippen molar-refractivity contribution in [3.8, 4) is 17.4 Å². The number of rotatable bonds is 4. The summed E-state index contributed by atoms with van der Waals surface area (Å²) in [6.07, 6.45) is 1.49. The van der Waals surface area contributed by atoms with Crippen LogP contribution in [0.5, 0.6) is 17.4 Å². The molecule has 0 radical (unpaired) electrons. The molecule has 0 atom stereocenters. The average Bonchev–Trinajstić information content (AvgIpc) is 2.41. The Kier molecular flexibility index (Phi) is 3.51. The lowest BCUT2D eigenvalue weighted by atomic mass is 10.2. The van der Waals surface area contributed by atoms with Crippen LogP contribution in [0, 0.1) is 0 Å². The lowest BCUT2D eigenvalue weighted by Gasteiger charge is -2.10. The van der Waals surface area contributed by atoms with Crippen LogP contribution in [0.15, 0.2) is 36.5 Å². The van der Waals surface area contributed by atoms with Gasteiger partial charge in [0.15, 0.2) is 11.5 Å².